The van der Waals surface area contributed by atoms with Crippen molar-refractivity contribution in [2.24, 2.45) is 0 Å². The summed E-state index contributed by atoms with van der Waals surface area (Å²) < 4.78 is 73.0. The molecule has 1 aromatic carbocycles. The summed E-state index contributed by atoms with van der Waals surface area (Å²) >= 11 is 0. The highest BCUT2D eigenvalue weighted by molar-refractivity contribution is 7.86. The number of ether oxygens (including phenoxy) is 1. The van der Waals surface area contributed by atoms with Crippen LogP contribution in [-0.2, 0) is 30.0 Å². The number of benzene rings is 1. The van der Waals surface area contributed by atoms with Crippen LogP contribution in [-0.4, -0.2) is 26.1 Å². The normalized spacial score (nSPS) is 24.8. The smallest absolute Gasteiger partial charge is 0.416 e. The average Bonchev–Trinajstić information content (AvgIpc) is 2.48. The Bertz CT molecular complexity index is 727. The second kappa shape index (κ2) is 6.95. The van der Waals surface area contributed by atoms with E-state index in [9.17, 15) is 26.4 Å². The second-order valence-electron chi connectivity index (χ2n) is 6.21. The van der Waals surface area contributed by atoms with E-state index < -0.39 is 39.5 Å². The van der Waals surface area contributed by atoms with Gasteiger partial charge in [0.15, 0.2) is 0 Å². The maximum Gasteiger partial charge on any atom is 0.416 e. The summed E-state index contributed by atoms with van der Waals surface area (Å²) in [5.41, 5.74) is -2.04. The lowest BCUT2D eigenvalue weighted by Crippen LogP contribution is -2.48. The van der Waals surface area contributed by atoms with Gasteiger partial charge in [0, 0.05) is 6.92 Å². The van der Waals surface area contributed by atoms with Crippen molar-refractivity contribution in [3.63, 3.8) is 0 Å². The maximum atomic E-state index is 12.6. The minimum atomic E-state index is -4.56. The maximum absolute atomic E-state index is 12.6. The van der Waals surface area contributed by atoms with Gasteiger partial charge in [-0.05, 0) is 50.5 Å². The van der Waals surface area contributed by atoms with Crippen molar-refractivity contribution >= 4 is 16.1 Å². The molecular formula is C16H19F3O5S. The zero-order valence-corrected chi connectivity index (χ0v) is 14.6. The van der Waals surface area contributed by atoms with Crippen molar-refractivity contribution in [1.29, 1.82) is 0 Å². The lowest BCUT2D eigenvalue weighted by atomic mass is 9.83. The summed E-state index contributed by atoms with van der Waals surface area (Å²) in [4.78, 5) is 10.9. The van der Waals surface area contributed by atoms with Crippen molar-refractivity contribution in [3.05, 3.63) is 29.8 Å². The molecule has 0 N–H and O–H groups in total. The summed E-state index contributed by atoms with van der Waals surface area (Å²) in [7, 11) is -4.29. The Hall–Kier alpha value is -1.61. The van der Waals surface area contributed by atoms with E-state index in [1.54, 1.807) is 6.92 Å². The van der Waals surface area contributed by atoms with E-state index in [1.807, 2.05) is 0 Å². The van der Waals surface area contributed by atoms with Crippen LogP contribution in [0, 0.1) is 0 Å². The molecule has 2 rings (SSSR count). The SMILES string of the molecule is CC(=O)OC1(C)CCCCC1OS(=O)(=O)c1ccc(C(F)(F)F)cc1. The Morgan fingerprint density at radius 3 is 2.32 bits per heavy atom. The molecule has 0 bridgehead atoms. The minimum Gasteiger partial charge on any atom is -0.457 e. The predicted molar refractivity (Wildman–Crippen MR) is 82.1 cm³/mol. The third-order valence-corrected chi connectivity index (χ3v) is 5.50. The average molecular weight is 380 g/mol. The van der Waals surface area contributed by atoms with Crippen LogP contribution in [0.5, 0.6) is 0 Å². The lowest BCUT2D eigenvalue weighted by molar-refractivity contribution is -0.170. The molecule has 2 unspecified atom stereocenters. The summed E-state index contributed by atoms with van der Waals surface area (Å²) in [6, 6.07) is 3.07. The van der Waals surface area contributed by atoms with Gasteiger partial charge in [-0.3, -0.25) is 8.98 Å². The van der Waals surface area contributed by atoms with Crippen molar-refractivity contribution in [1.82, 2.24) is 0 Å². The highest BCUT2D eigenvalue weighted by Gasteiger charge is 2.43. The monoisotopic (exact) mass is 380 g/mol. The van der Waals surface area contributed by atoms with Crippen LogP contribution in [0.1, 0.15) is 45.1 Å². The van der Waals surface area contributed by atoms with Crippen LogP contribution in [0.3, 0.4) is 0 Å². The van der Waals surface area contributed by atoms with Gasteiger partial charge in [0.05, 0.1) is 10.5 Å². The van der Waals surface area contributed by atoms with Crippen molar-refractivity contribution in [2.45, 2.75) is 62.3 Å². The van der Waals surface area contributed by atoms with Gasteiger partial charge in [-0.25, -0.2) is 0 Å². The van der Waals surface area contributed by atoms with E-state index >= 15 is 0 Å². The molecule has 140 valence electrons. The lowest BCUT2D eigenvalue weighted by Gasteiger charge is -2.39. The number of halogens is 3. The fourth-order valence-corrected chi connectivity index (χ4v) is 4.07. The minimum absolute atomic E-state index is 0.365. The van der Waals surface area contributed by atoms with Crippen LogP contribution in [0.25, 0.3) is 0 Å². The number of alkyl halides is 3. The van der Waals surface area contributed by atoms with Crippen molar-refractivity contribution in [3.8, 4) is 0 Å². The van der Waals surface area contributed by atoms with Gasteiger partial charge in [-0.1, -0.05) is 6.42 Å². The molecule has 0 radical (unpaired) electrons. The van der Waals surface area contributed by atoms with Gasteiger partial charge in [-0.15, -0.1) is 0 Å². The largest absolute Gasteiger partial charge is 0.457 e. The third-order valence-electron chi connectivity index (χ3n) is 4.16. The van der Waals surface area contributed by atoms with Gasteiger partial charge < -0.3 is 4.74 Å². The van der Waals surface area contributed by atoms with Gasteiger partial charge in [-0.2, -0.15) is 21.6 Å². The molecule has 5 nitrogen and oxygen atoms in total. The first-order valence-electron chi connectivity index (χ1n) is 7.74. The summed E-state index contributed by atoms with van der Waals surface area (Å²) in [5.74, 6) is -0.551. The molecule has 2 atom stereocenters. The number of hydrogen-bond donors (Lipinski definition) is 0. The van der Waals surface area contributed by atoms with Crippen LogP contribution in [0.15, 0.2) is 29.2 Å². The number of carbonyl (C=O) groups is 1. The molecule has 9 heteroatoms. The van der Waals surface area contributed by atoms with Gasteiger partial charge in [0.1, 0.15) is 11.7 Å². The van der Waals surface area contributed by atoms with E-state index in [2.05, 4.69) is 0 Å². The number of esters is 1. The molecule has 1 saturated carbocycles. The third kappa shape index (κ3) is 4.72. The Morgan fingerprint density at radius 2 is 1.80 bits per heavy atom. The van der Waals surface area contributed by atoms with E-state index in [0.29, 0.717) is 31.4 Å². The number of rotatable bonds is 4. The molecule has 1 aliphatic carbocycles. The first kappa shape index (κ1) is 19.7. The molecule has 0 spiro atoms. The highest BCUT2D eigenvalue weighted by atomic mass is 32.2. The molecule has 0 amide bonds. The Morgan fingerprint density at radius 1 is 1.20 bits per heavy atom. The van der Waals surface area contributed by atoms with Gasteiger partial charge in [0.2, 0.25) is 0 Å². The van der Waals surface area contributed by atoms with Crippen LogP contribution in [0.4, 0.5) is 13.2 Å². The van der Waals surface area contributed by atoms with Crippen molar-refractivity contribution in [2.75, 3.05) is 0 Å². The zero-order chi connectivity index (χ0) is 18.9. The van der Waals surface area contributed by atoms with Crippen LogP contribution in [0.2, 0.25) is 0 Å². The fraction of sp³-hybridized carbons (Fsp3) is 0.562. The summed E-state index contributed by atoms with van der Waals surface area (Å²) in [6.45, 7) is 2.82. The summed E-state index contributed by atoms with van der Waals surface area (Å²) in [6.07, 6.45) is -3.19. The Labute approximate surface area is 144 Å². The van der Waals surface area contributed by atoms with Crippen LogP contribution >= 0.6 is 0 Å². The van der Waals surface area contributed by atoms with Gasteiger partial charge in [0.25, 0.3) is 10.1 Å². The van der Waals surface area contributed by atoms with E-state index in [4.69, 9.17) is 8.92 Å². The number of carbonyl (C=O) groups excluding carboxylic acids is 1. The molecule has 1 fully saturated rings. The molecule has 0 heterocycles. The van der Waals surface area contributed by atoms with E-state index in [0.717, 1.165) is 18.6 Å². The summed E-state index contributed by atoms with van der Waals surface area (Å²) in [5, 5.41) is 0. The first-order chi connectivity index (χ1) is 11.4. The molecule has 0 saturated heterocycles. The standard InChI is InChI=1S/C16H19F3O5S/c1-11(20)23-15(2)10-4-3-5-14(15)24-25(21,22)13-8-6-12(7-9-13)16(17,18)19/h6-9,14H,3-5,10H2,1-2H3. The molecular weight excluding hydrogens is 361 g/mol. The first-order valence-corrected chi connectivity index (χ1v) is 9.15. The van der Waals surface area contributed by atoms with E-state index in [1.165, 1.54) is 6.92 Å². The highest BCUT2D eigenvalue weighted by Crippen LogP contribution is 2.36. The van der Waals surface area contributed by atoms with Gasteiger partial charge >= 0.3 is 12.1 Å². The van der Waals surface area contributed by atoms with E-state index in [-0.39, 0.29) is 4.90 Å². The molecule has 1 aromatic rings. The number of hydrogen-bond acceptors (Lipinski definition) is 5. The topological polar surface area (TPSA) is 69.7 Å². The molecule has 1 aliphatic rings. The van der Waals surface area contributed by atoms with Crippen molar-refractivity contribution < 1.29 is 35.3 Å². The predicted octanol–water partition coefficient (Wildman–Crippen LogP) is 3.68. The zero-order valence-electron chi connectivity index (χ0n) is 13.8. The quantitative estimate of drug-likeness (QED) is 0.589. The van der Waals surface area contributed by atoms with Crippen LogP contribution < -0.4 is 0 Å². The Balaban J connectivity index is 2.23. The fourth-order valence-electron chi connectivity index (χ4n) is 2.89. The molecule has 25 heavy (non-hydrogen) atoms. The Kier molecular flexibility index (Phi) is 5.48. The second-order valence-corrected chi connectivity index (χ2v) is 7.79. The molecule has 0 aromatic heterocycles. The molecule has 0 aliphatic heterocycles.